The molecule has 0 spiro atoms. The lowest BCUT2D eigenvalue weighted by molar-refractivity contribution is -0.660. The standard InChI is InChI=1S/C29H25N2O/c1-17-15-24(31(6)16-20(17)4)26-19(3)14-18(2)25-22-12-13-23(30-5)27(28(22)32-29(25)26)21-10-8-7-9-11-21/h7-16H,1-4,6H3/q+1. The van der Waals surface area contributed by atoms with Crippen LogP contribution in [0.1, 0.15) is 22.3 Å². The van der Waals surface area contributed by atoms with Gasteiger partial charge in [-0.1, -0.05) is 48.5 Å². The smallest absolute Gasteiger partial charge is 0.216 e. The molecular weight excluding hydrogens is 392 g/mol. The zero-order chi connectivity index (χ0) is 22.6. The fourth-order valence-electron chi connectivity index (χ4n) is 4.79. The Morgan fingerprint density at radius 2 is 1.53 bits per heavy atom. The molecule has 32 heavy (non-hydrogen) atoms. The van der Waals surface area contributed by atoms with Crippen molar-refractivity contribution in [3.8, 4) is 22.4 Å². The lowest BCUT2D eigenvalue weighted by atomic mass is 9.94. The fourth-order valence-corrected chi connectivity index (χ4v) is 4.79. The molecule has 0 radical (unpaired) electrons. The third kappa shape index (κ3) is 2.92. The van der Waals surface area contributed by atoms with Crippen molar-refractivity contribution in [2.75, 3.05) is 0 Å². The summed E-state index contributed by atoms with van der Waals surface area (Å²) >= 11 is 0. The molecule has 0 atom stereocenters. The van der Waals surface area contributed by atoms with Crippen LogP contribution in [0.15, 0.2) is 65.2 Å². The molecule has 0 N–H and O–H groups in total. The molecule has 0 fully saturated rings. The predicted octanol–water partition coefficient (Wildman–Crippen LogP) is 7.53. The van der Waals surface area contributed by atoms with E-state index in [0.29, 0.717) is 5.69 Å². The Hall–Kier alpha value is -3.90. The van der Waals surface area contributed by atoms with E-state index in [9.17, 15) is 0 Å². The molecule has 0 aliphatic heterocycles. The molecule has 2 aromatic heterocycles. The molecule has 0 saturated heterocycles. The van der Waals surface area contributed by atoms with Gasteiger partial charge in [0, 0.05) is 28.0 Å². The Balaban J connectivity index is 1.96. The molecule has 0 aliphatic carbocycles. The third-order valence-electron chi connectivity index (χ3n) is 6.47. The molecule has 2 heterocycles. The maximum absolute atomic E-state index is 7.75. The monoisotopic (exact) mass is 417 g/mol. The summed E-state index contributed by atoms with van der Waals surface area (Å²) in [6, 6.07) is 18.5. The maximum Gasteiger partial charge on any atom is 0.216 e. The van der Waals surface area contributed by atoms with Crippen LogP contribution in [0.4, 0.5) is 5.69 Å². The molecule has 0 aliphatic rings. The summed E-state index contributed by atoms with van der Waals surface area (Å²) in [5, 5.41) is 2.17. The summed E-state index contributed by atoms with van der Waals surface area (Å²) in [7, 11) is 2.09. The van der Waals surface area contributed by atoms with Gasteiger partial charge in [-0.2, -0.15) is 0 Å². The molecule has 0 bridgehead atoms. The zero-order valence-corrected chi connectivity index (χ0v) is 19.1. The number of furan rings is 1. The van der Waals surface area contributed by atoms with Gasteiger partial charge >= 0.3 is 0 Å². The van der Waals surface area contributed by atoms with Gasteiger partial charge in [0.15, 0.2) is 11.9 Å². The Kier molecular flexibility index (Phi) is 4.60. The van der Waals surface area contributed by atoms with Crippen molar-refractivity contribution in [3.05, 3.63) is 94.5 Å². The molecule has 3 aromatic carbocycles. The highest BCUT2D eigenvalue weighted by Gasteiger charge is 2.25. The number of benzene rings is 3. The normalized spacial score (nSPS) is 11.2. The number of fused-ring (bicyclic) bond motifs is 3. The summed E-state index contributed by atoms with van der Waals surface area (Å²) in [5.74, 6) is 0. The Morgan fingerprint density at radius 3 is 2.25 bits per heavy atom. The van der Waals surface area contributed by atoms with Crippen molar-refractivity contribution in [2.24, 2.45) is 7.05 Å². The molecule has 0 unspecified atom stereocenters. The summed E-state index contributed by atoms with van der Waals surface area (Å²) < 4.78 is 8.87. The third-order valence-corrected chi connectivity index (χ3v) is 6.47. The maximum atomic E-state index is 7.75. The van der Waals surface area contributed by atoms with Gasteiger partial charge < -0.3 is 4.42 Å². The van der Waals surface area contributed by atoms with Crippen molar-refractivity contribution in [1.82, 2.24) is 0 Å². The lowest BCUT2D eigenvalue weighted by Gasteiger charge is -2.09. The van der Waals surface area contributed by atoms with Crippen molar-refractivity contribution in [2.45, 2.75) is 27.7 Å². The fraction of sp³-hybridized carbons (Fsp3) is 0.172. The van der Waals surface area contributed by atoms with Crippen LogP contribution in [-0.4, -0.2) is 0 Å². The topological polar surface area (TPSA) is 21.4 Å². The van der Waals surface area contributed by atoms with E-state index in [-0.39, 0.29) is 0 Å². The highest BCUT2D eigenvalue weighted by molar-refractivity contribution is 6.16. The quantitative estimate of drug-likeness (QED) is 0.215. The lowest BCUT2D eigenvalue weighted by Crippen LogP contribution is -2.31. The highest BCUT2D eigenvalue weighted by atomic mass is 16.3. The van der Waals surface area contributed by atoms with Crippen molar-refractivity contribution in [3.63, 3.8) is 0 Å². The Bertz CT molecular complexity index is 1570. The molecule has 5 rings (SSSR count). The van der Waals surface area contributed by atoms with Gasteiger partial charge in [0.25, 0.3) is 0 Å². The molecule has 0 saturated carbocycles. The number of hydrogen-bond donors (Lipinski definition) is 0. The van der Waals surface area contributed by atoms with E-state index >= 15 is 0 Å². The van der Waals surface area contributed by atoms with Crippen LogP contribution in [0.25, 0.3) is 49.2 Å². The molecule has 156 valence electrons. The van der Waals surface area contributed by atoms with E-state index < -0.39 is 0 Å². The van der Waals surface area contributed by atoms with Gasteiger partial charge in [-0.15, -0.1) is 0 Å². The second kappa shape index (κ2) is 7.35. The van der Waals surface area contributed by atoms with Gasteiger partial charge in [0.05, 0.1) is 12.1 Å². The van der Waals surface area contributed by atoms with Crippen molar-refractivity contribution in [1.29, 1.82) is 0 Å². The molecule has 3 heteroatoms. The summed E-state index contributed by atoms with van der Waals surface area (Å²) in [6.45, 7) is 16.3. The number of rotatable bonds is 2. The minimum absolute atomic E-state index is 0.607. The summed E-state index contributed by atoms with van der Waals surface area (Å²) in [5.41, 5.74) is 11.2. The first-order chi connectivity index (χ1) is 15.4. The van der Waals surface area contributed by atoms with Gasteiger partial charge in [0.2, 0.25) is 5.69 Å². The van der Waals surface area contributed by atoms with E-state index in [0.717, 1.165) is 44.3 Å². The van der Waals surface area contributed by atoms with E-state index in [1.807, 2.05) is 42.5 Å². The van der Waals surface area contributed by atoms with Gasteiger partial charge in [-0.25, -0.2) is 9.41 Å². The second-order valence-electron chi connectivity index (χ2n) is 8.64. The van der Waals surface area contributed by atoms with Crippen LogP contribution in [0, 0.1) is 34.3 Å². The second-order valence-corrected chi connectivity index (χ2v) is 8.64. The van der Waals surface area contributed by atoms with Crippen LogP contribution in [0.3, 0.4) is 0 Å². The Morgan fingerprint density at radius 1 is 0.781 bits per heavy atom. The van der Waals surface area contributed by atoms with Crippen LogP contribution < -0.4 is 4.57 Å². The van der Waals surface area contributed by atoms with Gasteiger partial charge in [-0.3, -0.25) is 0 Å². The number of pyridine rings is 1. The number of aryl methyl sites for hydroxylation is 5. The van der Waals surface area contributed by atoms with E-state index in [1.165, 1.54) is 22.3 Å². The molecule has 3 nitrogen and oxygen atoms in total. The van der Waals surface area contributed by atoms with Gasteiger partial charge in [-0.05, 0) is 49.9 Å². The first-order valence-electron chi connectivity index (χ1n) is 10.8. The number of aromatic nitrogens is 1. The van der Waals surface area contributed by atoms with Crippen LogP contribution in [-0.2, 0) is 7.05 Å². The largest absolute Gasteiger partial charge is 0.456 e. The average Bonchev–Trinajstić information content (AvgIpc) is 3.16. The molecule has 5 aromatic rings. The number of nitrogens with zero attached hydrogens (tertiary/aromatic N) is 2. The van der Waals surface area contributed by atoms with Gasteiger partial charge in [0.1, 0.15) is 18.2 Å². The van der Waals surface area contributed by atoms with E-state index in [1.54, 1.807) is 0 Å². The summed E-state index contributed by atoms with van der Waals surface area (Å²) in [4.78, 5) is 3.81. The zero-order valence-electron chi connectivity index (χ0n) is 19.1. The first kappa shape index (κ1) is 20.0. The van der Waals surface area contributed by atoms with Crippen LogP contribution in [0.2, 0.25) is 0 Å². The summed E-state index contributed by atoms with van der Waals surface area (Å²) in [6.07, 6.45) is 2.17. The molecule has 0 amide bonds. The number of hydrogen-bond acceptors (Lipinski definition) is 1. The minimum atomic E-state index is 0.607. The highest BCUT2D eigenvalue weighted by Crippen LogP contribution is 2.45. The van der Waals surface area contributed by atoms with Crippen LogP contribution in [0.5, 0.6) is 0 Å². The first-order valence-corrected chi connectivity index (χ1v) is 10.8. The molecular formula is C29H25N2O+. The van der Waals surface area contributed by atoms with Crippen molar-refractivity contribution < 1.29 is 8.98 Å². The minimum Gasteiger partial charge on any atom is -0.456 e. The van der Waals surface area contributed by atoms with E-state index in [2.05, 4.69) is 62.5 Å². The van der Waals surface area contributed by atoms with Crippen LogP contribution >= 0.6 is 0 Å². The Labute approximate surface area is 188 Å². The predicted molar refractivity (Wildman–Crippen MR) is 131 cm³/mol. The SMILES string of the molecule is [C-]#[N+]c1ccc2c(oc3c(-c4cc(C)c(C)c[n+]4C)c(C)cc(C)c32)c1-c1ccccc1. The average molecular weight is 418 g/mol. The van der Waals surface area contributed by atoms with Crippen molar-refractivity contribution >= 4 is 27.6 Å². The van der Waals surface area contributed by atoms with E-state index in [4.69, 9.17) is 11.0 Å².